The Labute approximate surface area is 70.9 Å². The van der Waals surface area contributed by atoms with Crippen molar-refractivity contribution in [3.05, 3.63) is 15.0 Å². The fourth-order valence-electron chi connectivity index (χ4n) is 0.559. The number of hydrogen-bond donors (Lipinski definition) is 2. The van der Waals surface area contributed by atoms with Crippen LogP contribution in [0.4, 0.5) is 0 Å². The van der Waals surface area contributed by atoms with Crippen LogP contribution in [0.15, 0.2) is 9.30 Å². The van der Waals surface area contributed by atoms with Gasteiger partial charge in [-0.1, -0.05) is 0 Å². The maximum absolute atomic E-state index is 6.97. The fourth-order valence-corrected chi connectivity index (χ4v) is 1.61. The van der Waals surface area contributed by atoms with E-state index in [-0.39, 0.29) is 5.84 Å². The minimum Gasteiger partial charge on any atom is -0.387 e. The van der Waals surface area contributed by atoms with Gasteiger partial charge in [-0.15, -0.1) is 11.3 Å². The summed E-state index contributed by atoms with van der Waals surface area (Å²) < 4.78 is 0.837. The molecule has 1 heterocycles. The van der Waals surface area contributed by atoms with Gasteiger partial charge in [0.2, 0.25) is 0 Å². The van der Waals surface area contributed by atoms with Crippen LogP contribution >= 0.6 is 27.3 Å². The average Bonchev–Trinajstić information content (AvgIpc) is 2.13. The molecule has 3 nitrogen and oxygen atoms in total. The average molecular weight is 220 g/mol. The minimum atomic E-state index is 0.151. The highest BCUT2D eigenvalue weighted by atomic mass is 79.9. The summed E-state index contributed by atoms with van der Waals surface area (Å²) in [6.45, 7) is 0. The number of nitrogens with two attached hydrogens (primary N) is 1. The molecule has 0 saturated heterocycles. The predicted molar refractivity (Wildman–Crippen MR) is 45.4 cm³/mol. The molecule has 0 atom stereocenters. The molecule has 5 heteroatoms. The normalized spacial score (nSPS) is 9.70. The lowest BCUT2D eigenvalue weighted by Crippen LogP contribution is -2.12. The molecule has 1 aromatic rings. The molecule has 0 radical (unpaired) electrons. The summed E-state index contributed by atoms with van der Waals surface area (Å²) in [5.74, 6) is 0.151. The Morgan fingerprint density at radius 3 is 3.00 bits per heavy atom. The highest BCUT2D eigenvalue weighted by molar-refractivity contribution is 9.11. The van der Waals surface area contributed by atoms with Crippen molar-refractivity contribution in [3.8, 4) is 0 Å². The first-order chi connectivity index (χ1) is 4.68. The third-order valence-electron chi connectivity index (χ3n) is 0.895. The van der Waals surface area contributed by atoms with E-state index in [9.17, 15) is 0 Å². The predicted octanol–water partition coefficient (Wildman–Crippen LogP) is 1.38. The number of nitrogens with zero attached hydrogens (tertiary/aromatic N) is 1. The lowest BCUT2D eigenvalue weighted by molar-refractivity contribution is 1.14. The van der Waals surface area contributed by atoms with E-state index in [4.69, 9.17) is 11.1 Å². The lowest BCUT2D eigenvalue weighted by Gasteiger charge is -1.89. The Morgan fingerprint density at radius 1 is 1.90 bits per heavy atom. The van der Waals surface area contributed by atoms with Crippen LogP contribution in [0, 0.1) is 5.41 Å². The molecule has 3 N–H and O–H groups in total. The topological polar surface area (TPSA) is 62.8 Å². The number of hydrogen-bond acceptors (Lipinski definition) is 3. The third kappa shape index (κ3) is 2.07. The summed E-state index contributed by atoms with van der Waals surface area (Å²) in [4.78, 5) is 4.07. The van der Waals surface area contributed by atoms with E-state index in [0.717, 1.165) is 9.61 Å². The highest BCUT2D eigenvalue weighted by Crippen LogP contribution is 2.15. The summed E-state index contributed by atoms with van der Waals surface area (Å²) >= 11 is 4.72. The Hall–Kier alpha value is -0.420. The van der Waals surface area contributed by atoms with Gasteiger partial charge >= 0.3 is 0 Å². The first-order valence-corrected chi connectivity index (χ1v) is 4.28. The molecule has 54 valence electrons. The van der Waals surface area contributed by atoms with Gasteiger partial charge in [-0.2, -0.15) is 0 Å². The van der Waals surface area contributed by atoms with Gasteiger partial charge in [0, 0.05) is 11.8 Å². The SMILES string of the molecule is N=C(N)Cc1csc(Br)n1. The zero-order chi connectivity index (χ0) is 7.56. The molecule has 0 bridgehead atoms. The van der Waals surface area contributed by atoms with E-state index < -0.39 is 0 Å². The second kappa shape index (κ2) is 3.12. The van der Waals surface area contributed by atoms with Crippen LogP contribution in [-0.4, -0.2) is 10.8 Å². The molecule has 0 fully saturated rings. The molecule has 10 heavy (non-hydrogen) atoms. The molecule has 0 aliphatic heterocycles. The Balaban J connectivity index is 2.67. The minimum absolute atomic E-state index is 0.151. The van der Waals surface area contributed by atoms with Crippen molar-refractivity contribution in [1.29, 1.82) is 5.41 Å². The van der Waals surface area contributed by atoms with Crippen molar-refractivity contribution < 1.29 is 0 Å². The first-order valence-electron chi connectivity index (χ1n) is 2.61. The number of halogens is 1. The molecule has 0 aliphatic carbocycles. The van der Waals surface area contributed by atoms with Crippen LogP contribution in [0.25, 0.3) is 0 Å². The number of amidine groups is 1. The molecule has 1 aromatic heterocycles. The zero-order valence-corrected chi connectivity index (χ0v) is 7.50. The molecule has 0 spiro atoms. The summed E-state index contributed by atoms with van der Waals surface area (Å²) in [5, 5.41) is 8.85. The quantitative estimate of drug-likeness (QED) is 0.584. The van der Waals surface area contributed by atoms with Crippen LogP contribution in [0.5, 0.6) is 0 Å². The summed E-state index contributed by atoms with van der Waals surface area (Å²) in [5.41, 5.74) is 6.02. The van der Waals surface area contributed by atoms with Crippen molar-refractivity contribution in [3.63, 3.8) is 0 Å². The molecule has 0 unspecified atom stereocenters. The van der Waals surface area contributed by atoms with Crippen molar-refractivity contribution in [2.75, 3.05) is 0 Å². The number of rotatable bonds is 2. The maximum atomic E-state index is 6.97. The standard InChI is InChI=1S/C5H6BrN3S/c6-5-9-3(2-10-5)1-4(7)8/h2H,1H2,(H3,7,8). The summed E-state index contributed by atoms with van der Waals surface area (Å²) in [7, 11) is 0. The molecule has 0 aromatic carbocycles. The van der Waals surface area contributed by atoms with E-state index in [2.05, 4.69) is 20.9 Å². The van der Waals surface area contributed by atoms with Crippen LogP contribution in [0.3, 0.4) is 0 Å². The van der Waals surface area contributed by atoms with Crippen molar-refractivity contribution >= 4 is 33.1 Å². The van der Waals surface area contributed by atoms with Crippen LogP contribution in [0.2, 0.25) is 0 Å². The van der Waals surface area contributed by atoms with Crippen molar-refractivity contribution in [2.45, 2.75) is 6.42 Å². The second-order valence-electron chi connectivity index (χ2n) is 1.79. The maximum Gasteiger partial charge on any atom is 0.159 e. The zero-order valence-electron chi connectivity index (χ0n) is 5.10. The highest BCUT2D eigenvalue weighted by Gasteiger charge is 1.99. The number of aromatic nitrogens is 1. The van der Waals surface area contributed by atoms with Gasteiger partial charge in [0.1, 0.15) is 0 Å². The van der Waals surface area contributed by atoms with Gasteiger partial charge in [-0.05, 0) is 15.9 Å². The lowest BCUT2D eigenvalue weighted by atomic mass is 10.3. The van der Waals surface area contributed by atoms with E-state index in [1.165, 1.54) is 11.3 Å². The van der Waals surface area contributed by atoms with Gasteiger partial charge in [0.25, 0.3) is 0 Å². The molecule has 1 rings (SSSR count). The van der Waals surface area contributed by atoms with Crippen LogP contribution < -0.4 is 5.73 Å². The van der Waals surface area contributed by atoms with Gasteiger partial charge in [0.15, 0.2) is 3.92 Å². The second-order valence-corrected chi connectivity index (χ2v) is 3.93. The molecular formula is C5H6BrN3S. The smallest absolute Gasteiger partial charge is 0.159 e. The number of thiazole rings is 1. The largest absolute Gasteiger partial charge is 0.387 e. The molecule has 0 saturated carbocycles. The molecular weight excluding hydrogens is 214 g/mol. The fraction of sp³-hybridized carbons (Fsp3) is 0.200. The van der Waals surface area contributed by atoms with Gasteiger partial charge in [0.05, 0.1) is 11.5 Å². The monoisotopic (exact) mass is 219 g/mol. The summed E-state index contributed by atoms with van der Waals surface area (Å²) in [6, 6.07) is 0. The van der Waals surface area contributed by atoms with Crippen molar-refractivity contribution in [2.24, 2.45) is 5.73 Å². The van der Waals surface area contributed by atoms with Gasteiger partial charge in [-0.25, -0.2) is 4.98 Å². The van der Waals surface area contributed by atoms with E-state index in [1.54, 1.807) is 0 Å². The molecule has 0 aliphatic rings. The van der Waals surface area contributed by atoms with Crippen molar-refractivity contribution in [1.82, 2.24) is 4.98 Å². The van der Waals surface area contributed by atoms with E-state index >= 15 is 0 Å². The molecule has 0 amide bonds. The number of nitrogens with one attached hydrogen (secondary N) is 1. The van der Waals surface area contributed by atoms with Crippen LogP contribution in [-0.2, 0) is 6.42 Å². The van der Waals surface area contributed by atoms with E-state index in [0.29, 0.717) is 6.42 Å². The third-order valence-corrected chi connectivity index (χ3v) is 2.31. The summed E-state index contributed by atoms with van der Waals surface area (Å²) in [6.07, 6.45) is 0.447. The van der Waals surface area contributed by atoms with Crippen LogP contribution in [0.1, 0.15) is 5.69 Å². The Kier molecular flexibility index (Phi) is 2.39. The van der Waals surface area contributed by atoms with Gasteiger partial charge < -0.3 is 5.73 Å². The Morgan fingerprint density at radius 2 is 2.60 bits per heavy atom. The van der Waals surface area contributed by atoms with Gasteiger partial charge in [-0.3, -0.25) is 5.41 Å². The first kappa shape index (κ1) is 7.68. The van der Waals surface area contributed by atoms with E-state index in [1.807, 2.05) is 5.38 Å². The Bertz CT molecular complexity index is 245.